The number of Topliss-reactive ketones (excluding diaryl/α,β-unsaturated/α-hetero) is 1. The first-order valence-electron chi connectivity index (χ1n) is 5.63. The first kappa shape index (κ1) is 15.0. The van der Waals surface area contributed by atoms with Gasteiger partial charge in [0.15, 0.2) is 5.78 Å². The van der Waals surface area contributed by atoms with E-state index in [9.17, 15) is 4.79 Å². The smallest absolute Gasteiger partial charge is 0.195 e. The summed E-state index contributed by atoms with van der Waals surface area (Å²) in [5, 5.41) is 0. The van der Waals surface area contributed by atoms with E-state index in [0.717, 1.165) is 0 Å². The SMILES string of the molecule is CCOC(C)C(=O)c1ccc(OC)c(Br)c1OC. The molecule has 18 heavy (non-hydrogen) atoms. The molecular formula is C13H17BrO4. The van der Waals surface area contributed by atoms with E-state index in [1.165, 1.54) is 7.11 Å². The van der Waals surface area contributed by atoms with Gasteiger partial charge in [0, 0.05) is 6.61 Å². The number of ether oxygens (including phenoxy) is 3. The molecular weight excluding hydrogens is 300 g/mol. The van der Waals surface area contributed by atoms with Gasteiger partial charge in [0.2, 0.25) is 0 Å². The topological polar surface area (TPSA) is 44.8 Å². The lowest BCUT2D eigenvalue weighted by Gasteiger charge is -2.15. The molecule has 0 heterocycles. The minimum atomic E-state index is -0.496. The molecule has 1 atom stereocenters. The van der Waals surface area contributed by atoms with E-state index < -0.39 is 6.10 Å². The fourth-order valence-corrected chi connectivity index (χ4v) is 2.30. The molecule has 0 radical (unpaired) electrons. The Morgan fingerprint density at radius 1 is 1.33 bits per heavy atom. The third kappa shape index (κ3) is 3.03. The lowest BCUT2D eigenvalue weighted by molar-refractivity contribution is 0.0518. The maximum atomic E-state index is 12.2. The second-order valence-electron chi connectivity index (χ2n) is 3.62. The van der Waals surface area contributed by atoms with E-state index in [1.54, 1.807) is 26.2 Å². The van der Waals surface area contributed by atoms with E-state index >= 15 is 0 Å². The summed E-state index contributed by atoms with van der Waals surface area (Å²) in [6.07, 6.45) is -0.496. The van der Waals surface area contributed by atoms with Crippen LogP contribution in [0.2, 0.25) is 0 Å². The molecule has 1 aromatic rings. The van der Waals surface area contributed by atoms with Gasteiger partial charge < -0.3 is 14.2 Å². The maximum Gasteiger partial charge on any atom is 0.195 e. The summed E-state index contributed by atoms with van der Waals surface area (Å²) in [6, 6.07) is 3.40. The Labute approximate surface area is 115 Å². The van der Waals surface area contributed by atoms with Crippen LogP contribution in [-0.2, 0) is 4.74 Å². The molecule has 100 valence electrons. The van der Waals surface area contributed by atoms with Gasteiger partial charge in [-0.05, 0) is 41.9 Å². The van der Waals surface area contributed by atoms with Gasteiger partial charge in [-0.25, -0.2) is 0 Å². The highest BCUT2D eigenvalue weighted by Gasteiger charge is 2.22. The summed E-state index contributed by atoms with van der Waals surface area (Å²) in [5.74, 6) is 0.968. The zero-order valence-electron chi connectivity index (χ0n) is 11.0. The van der Waals surface area contributed by atoms with Crippen molar-refractivity contribution in [3.05, 3.63) is 22.2 Å². The summed E-state index contributed by atoms with van der Waals surface area (Å²) in [7, 11) is 3.07. The van der Waals surface area contributed by atoms with Crippen molar-refractivity contribution in [3.8, 4) is 11.5 Å². The number of halogens is 1. The predicted molar refractivity (Wildman–Crippen MR) is 72.7 cm³/mol. The highest BCUT2D eigenvalue weighted by atomic mass is 79.9. The van der Waals surface area contributed by atoms with Crippen molar-refractivity contribution in [1.29, 1.82) is 0 Å². The Morgan fingerprint density at radius 2 is 2.00 bits per heavy atom. The van der Waals surface area contributed by atoms with Crippen LogP contribution in [0.3, 0.4) is 0 Å². The highest BCUT2D eigenvalue weighted by molar-refractivity contribution is 9.10. The van der Waals surface area contributed by atoms with Crippen LogP contribution in [0.5, 0.6) is 11.5 Å². The molecule has 4 nitrogen and oxygen atoms in total. The summed E-state index contributed by atoms with van der Waals surface area (Å²) in [5.41, 5.74) is 0.478. The van der Waals surface area contributed by atoms with Crippen molar-refractivity contribution in [2.45, 2.75) is 20.0 Å². The van der Waals surface area contributed by atoms with Gasteiger partial charge in [-0.2, -0.15) is 0 Å². The molecule has 0 saturated carbocycles. The third-order valence-corrected chi connectivity index (χ3v) is 3.29. The van der Waals surface area contributed by atoms with Crippen LogP contribution in [0.4, 0.5) is 0 Å². The Bertz CT molecular complexity index is 431. The standard InChI is InChI=1S/C13H17BrO4/c1-5-18-8(2)12(15)9-6-7-10(16-3)11(14)13(9)17-4/h6-8H,5H2,1-4H3. The molecule has 0 fully saturated rings. The molecule has 1 unspecified atom stereocenters. The third-order valence-electron chi connectivity index (χ3n) is 2.54. The number of carbonyl (C=O) groups excluding carboxylic acids is 1. The first-order valence-corrected chi connectivity index (χ1v) is 6.42. The molecule has 0 aliphatic heterocycles. The quantitative estimate of drug-likeness (QED) is 0.757. The lowest BCUT2D eigenvalue weighted by atomic mass is 10.1. The molecule has 5 heteroatoms. The normalized spacial score (nSPS) is 12.1. The van der Waals surface area contributed by atoms with Crippen molar-refractivity contribution in [1.82, 2.24) is 0 Å². The fourth-order valence-electron chi connectivity index (χ4n) is 1.63. The van der Waals surface area contributed by atoms with E-state index in [-0.39, 0.29) is 5.78 Å². The predicted octanol–water partition coefficient (Wildman–Crippen LogP) is 3.07. The highest BCUT2D eigenvalue weighted by Crippen LogP contribution is 2.37. The molecule has 0 aliphatic rings. The van der Waals surface area contributed by atoms with Crippen LogP contribution in [-0.4, -0.2) is 32.7 Å². The molecule has 1 rings (SSSR count). The number of benzene rings is 1. The Morgan fingerprint density at radius 3 is 2.50 bits per heavy atom. The largest absolute Gasteiger partial charge is 0.495 e. The molecule has 0 aromatic heterocycles. The summed E-state index contributed by atoms with van der Waals surface area (Å²) >= 11 is 3.37. The maximum absolute atomic E-state index is 12.2. The minimum absolute atomic E-state index is 0.114. The van der Waals surface area contributed by atoms with E-state index in [0.29, 0.717) is 28.1 Å². The van der Waals surface area contributed by atoms with Crippen molar-refractivity contribution >= 4 is 21.7 Å². The van der Waals surface area contributed by atoms with E-state index in [2.05, 4.69) is 15.9 Å². The number of rotatable bonds is 6. The zero-order chi connectivity index (χ0) is 13.7. The van der Waals surface area contributed by atoms with Gasteiger partial charge in [0.05, 0.1) is 19.8 Å². The van der Waals surface area contributed by atoms with Gasteiger partial charge in [0.1, 0.15) is 22.1 Å². The first-order chi connectivity index (χ1) is 8.56. The van der Waals surface area contributed by atoms with Gasteiger partial charge in [-0.3, -0.25) is 4.79 Å². The second kappa shape index (κ2) is 6.75. The van der Waals surface area contributed by atoms with Gasteiger partial charge in [0.25, 0.3) is 0 Å². The monoisotopic (exact) mass is 316 g/mol. The van der Waals surface area contributed by atoms with Crippen LogP contribution >= 0.6 is 15.9 Å². The van der Waals surface area contributed by atoms with E-state index in [4.69, 9.17) is 14.2 Å². The number of hydrogen-bond acceptors (Lipinski definition) is 4. The second-order valence-corrected chi connectivity index (χ2v) is 4.42. The molecule has 0 amide bonds. The molecule has 0 saturated heterocycles. The average molecular weight is 317 g/mol. The number of ketones is 1. The van der Waals surface area contributed by atoms with Crippen LogP contribution < -0.4 is 9.47 Å². The van der Waals surface area contributed by atoms with Crippen molar-refractivity contribution in [2.24, 2.45) is 0 Å². The molecule has 0 N–H and O–H groups in total. The van der Waals surface area contributed by atoms with Gasteiger partial charge in [-0.1, -0.05) is 0 Å². The van der Waals surface area contributed by atoms with Crippen LogP contribution in [0.15, 0.2) is 16.6 Å². The lowest BCUT2D eigenvalue weighted by Crippen LogP contribution is -2.21. The Balaban J connectivity index is 3.17. The Kier molecular flexibility index (Phi) is 5.62. The number of methoxy groups -OCH3 is 2. The molecule has 0 bridgehead atoms. The van der Waals surface area contributed by atoms with Crippen LogP contribution in [0.1, 0.15) is 24.2 Å². The average Bonchev–Trinajstić information content (AvgIpc) is 2.37. The molecule has 1 aromatic carbocycles. The number of hydrogen-bond donors (Lipinski definition) is 0. The van der Waals surface area contributed by atoms with E-state index in [1.807, 2.05) is 6.92 Å². The molecule has 0 spiro atoms. The summed E-state index contributed by atoms with van der Waals surface area (Å²) in [6.45, 7) is 4.07. The Hall–Kier alpha value is -1.07. The fraction of sp³-hybridized carbons (Fsp3) is 0.462. The van der Waals surface area contributed by atoms with Crippen LogP contribution in [0.25, 0.3) is 0 Å². The summed E-state index contributed by atoms with van der Waals surface area (Å²) in [4.78, 5) is 12.2. The summed E-state index contributed by atoms with van der Waals surface area (Å²) < 4.78 is 16.4. The minimum Gasteiger partial charge on any atom is -0.495 e. The van der Waals surface area contributed by atoms with Gasteiger partial charge >= 0.3 is 0 Å². The van der Waals surface area contributed by atoms with Crippen molar-refractivity contribution in [3.63, 3.8) is 0 Å². The molecule has 0 aliphatic carbocycles. The van der Waals surface area contributed by atoms with Crippen molar-refractivity contribution in [2.75, 3.05) is 20.8 Å². The zero-order valence-corrected chi connectivity index (χ0v) is 12.5. The van der Waals surface area contributed by atoms with Crippen molar-refractivity contribution < 1.29 is 19.0 Å². The number of carbonyl (C=O) groups is 1. The van der Waals surface area contributed by atoms with Gasteiger partial charge in [-0.15, -0.1) is 0 Å². The van der Waals surface area contributed by atoms with Crippen LogP contribution in [0, 0.1) is 0 Å².